The van der Waals surface area contributed by atoms with E-state index < -0.39 is 0 Å². The summed E-state index contributed by atoms with van der Waals surface area (Å²) < 4.78 is 1.81. The van der Waals surface area contributed by atoms with Crippen LogP contribution in [-0.4, -0.2) is 16.3 Å². The number of hydrogen-bond donors (Lipinski definition) is 1. The molecule has 15 heavy (non-hydrogen) atoms. The van der Waals surface area contributed by atoms with E-state index in [0.29, 0.717) is 6.42 Å². The van der Waals surface area contributed by atoms with Crippen LogP contribution in [0.3, 0.4) is 0 Å². The number of ketones is 1. The fourth-order valence-electron chi connectivity index (χ4n) is 2.05. The minimum absolute atomic E-state index is 0.173. The Morgan fingerprint density at radius 1 is 1.53 bits per heavy atom. The number of carbonyl (C=O) groups excluding carboxylic acids is 2. The summed E-state index contributed by atoms with van der Waals surface area (Å²) in [6, 6.07) is 1.41. The molecule has 0 bridgehead atoms. The van der Waals surface area contributed by atoms with Crippen LogP contribution < -0.4 is 5.73 Å². The summed E-state index contributed by atoms with van der Waals surface area (Å²) in [5.74, 6) is -0.196. The smallest absolute Gasteiger partial charge is 0.240 e. The SMILES string of the molecule is CC(C(N)=O)n1ccc2c1CCCC2=O. The summed E-state index contributed by atoms with van der Waals surface area (Å²) in [5.41, 5.74) is 6.96. The second kappa shape index (κ2) is 3.53. The van der Waals surface area contributed by atoms with Crippen molar-refractivity contribution in [3.63, 3.8) is 0 Å². The maximum absolute atomic E-state index is 11.6. The van der Waals surface area contributed by atoms with E-state index in [-0.39, 0.29) is 17.7 Å². The Hall–Kier alpha value is -1.58. The highest BCUT2D eigenvalue weighted by Gasteiger charge is 2.23. The highest BCUT2D eigenvalue weighted by molar-refractivity contribution is 5.98. The molecule has 1 aromatic rings. The van der Waals surface area contributed by atoms with Gasteiger partial charge >= 0.3 is 0 Å². The molecule has 1 amide bonds. The molecular weight excluding hydrogens is 192 g/mol. The molecule has 1 aliphatic rings. The van der Waals surface area contributed by atoms with Crippen LogP contribution in [0.1, 0.15) is 41.9 Å². The number of rotatable bonds is 2. The summed E-state index contributed by atoms with van der Waals surface area (Å²) in [4.78, 5) is 22.6. The minimum Gasteiger partial charge on any atom is -0.368 e. The van der Waals surface area contributed by atoms with Crippen LogP contribution in [0, 0.1) is 0 Å². The fourth-order valence-corrected chi connectivity index (χ4v) is 2.05. The van der Waals surface area contributed by atoms with Gasteiger partial charge in [0.05, 0.1) is 0 Å². The average Bonchev–Trinajstić information content (AvgIpc) is 2.61. The molecule has 4 heteroatoms. The van der Waals surface area contributed by atoms with Crippen molar-refractivity contribution in [2.45, 2.75) is 32.2 Å². The van der Waals surface area contributed by atoms with Gasteiger partial charge in [-0.15, -0.1) is 0 Å². The van der Waals surface area contributed by atoms with Gasteiger partial charge in [0.15, 0.2) is 5.78 Å². The molecular formula is C11H14N2O2. The molecule has 4 nitrogen and oxygen atoms in total. The van der Waals surface area contributed by atoms with E-state index in [9.17, 15) is 9.59 Å². The fraction of sp³-hybridized carbons (Fsp3) is 0.455. The lowest BCUT2D eigenvalue weighted by Crippen LogP contribution is -2.26. The predicted molar refractivity (Wildman–Crippen MR) is 55.6 cm³/mol. The van der Waals surface area contributed by atoms with Gasteiger partial charge < -0.3 is 10.3 Å². The second-order valence-corrected chi connectivity index (χ2v) is 3.94. The van der Waals surface area contributed by atoms with E-state index in [4.69, 9.17) is 5.73 Å². The molecule has 2 rings (SSSR count). The van der Waals surface area contributed by atoms with E-state index in [2.05, 4.69) is 0 Å². The Morgan fingerprint density at radius 2 is 2.27 bits per heavy atom. The lowest BCUT2D eigenvalue weighted by atomic mass is 9.96. The summed E-state index contributed by atoms with van der Waals surface area (Å²) in [6.07, 6.45) is 4.11. The first-order valence-electron chi connectivity index (χ1n) is 5.13. The number of hydrogen-bond acceptors (Lipinski definition) is 2. The highest BCUT2D eigenvalue weighted by Crippen LogP contribution is 2.24. The summed E-state index contributed by atoms with van der Waals surface area (Å²) >= 11 is 0. The molecule has 1 aliphatic carbocycles. The first-order chi connectivity index (χ1) is 7.11. The number of aromatic nitrogens is 1. The topological polar surface area (TPSA) is 65.1 Å². The number of Topliss-reactive ketones (excluding diaryl/α,β-unsaturated/α-hetero) is 1. The predicted octanol–water partition coefficient (Wildman–Crippen LogP) is 1.05. The van der Waals surface area contributed by atoms with Crippen molar-refractivity contribution in [1.82, 2.24) is 4.57 Å². The first-order valence-corrected chi connectivity index (χ1v) is 5.13. The number of nitrogens with zero attached hydrogens (tertiary/aromatic N) is 1. The van der Waals surface area contributed by atoms with Crippen LogP contribution >= 0.6 is 0 Å². The zero-order valence-corrected chi connectivity index (χ0v) is 8.69. The van der Waals surface area contributed by atoms with Crippen molar-refractivity contribution in [2.75, 3.05) is 0 Å². The largest absolute Gasteiger partial charge is 0.368 e. The summed E-state index contributed by atoms with van der Waals surface area (Å²) in [5, 5.41) is 0. The Bertz CT molecular complexity index is 420. The Morgan fingerprint density at radius 3 is 2.93 bits per heavy atom. The summed E-state index contributed by atoms with van der Waals surface area (Å²) in [6.45, 7) is 1.75. The normalized spacial score (nSPS) is 17.3. The lowest BCUT2D eigenvalue weighted by Gasteiger charge is -2.18. The lowest BCUT2D eigenvalue weighted by molar-refractivity contribution is -0.120. The molecule has 2 N–H and O–H groups in total. The number of fused-ring (bicyclic) bond motifs is 1. The number of nitrogens with two attached hydrogens (primary N) is 1. The highest BCUT2D eigenvalue weighted by atomic mass is 16.1. The van der Waals surface area contributed by atoms with Crippen molar-refractivity contribution in [3.05, 3.63) is 23.5 Å². The van der Waals surface area contributed by atoms with E-state index >= 15 is 0 Å². The molecule has 80 valence electrons. The number of amides is 1. The van der Waals surface area contributed by atoms with Crippen molar-refractivity contribution < 1.29 is 9.59 Å². The van der Waals surface area contributed by atoms with Crippen molar-refractivity contribution in [1.29, 1.82) is 0 Å². The first kappa shape index (κ1) is 9.96. The minimum atomic E-state index is -0.375. The molecule has 1 aromatic heterocycles. The molecule has 0 saturated heterocycles. The van der Waals surface area contributed by atoms with Crippen molar-refractivity contribution >= 4 is 11.7 Å². The van der Waals surface area contributed by atoms with Gasteiger partial charge in [-0.1, -0.05) is 0 Å². The van der Waals surface area contributed by atoms with Gasteiger partial charge in [0.2, 0.25) is 5.91 Å². The Labute approximate surface area is 88.1 Å². The van der Waals surface area contributed by atoms with Crippen LogP contribution in [0.5, 0.6) is 0 Å². The van der Waals surface area contributed by atoms with Crippen molar-refractivity contribution in [2.24, 2.45) is 5.73 Å². The Kier molecular flexibility index (Phi) is 2.34. The van der Waals surface area contributed by atoms with Crippen LogP contribution in [-0.2, 0) is 11.2 Å². The van der Waals surface area contributed by atoms with Gasteiger partial charge in [-0.05, 0) is 25.8 Å². The van der Waals surface area contributed by atoms with Gasteiger partial charge in [-0.2, -0.15) is 0 Å². The third-order valence-electron chi connectivity index (χ3n) is 2.97. The molecule has 0 radical (unpaired) electrons. The number of primary amides is 1. The van der Waals surface area contributed by atoms with Gasteiger partial charge in [0.25, 0.3) is 0 Å². The molecule has 0 fully saturated rings. The van der Waals surface area contributed by atoms with Crippen LogP contribution in [0.2, 0.25) is 0 Å². The average molecular weight is 206 g/mol. The van der Waals surface area contributed by atoms with Crippen LogP contribution in [0.25, 0.3) is 0 Å². The van der Waals surface area contributed by atoms with Crippen LogP contribution in [0.4, 0.5) is 0 Å². The maximum Gasteiger partial charge on any atom is 0.240 e. The molecule has 1 atom stereocenters. The number of carbonyl (C=O) groups is 2. The Balaban J connectivity index is 2.43. The van der Waals surface area contributed by atoms with Gasteiger partial charge in [0.1, 0.15) is 6.04 Å². The molecule has 1 unspecified atom stereocenters. The van der Waals surface area contributed by atoms with Crippen molar-refractivity contribution in [3.8, 4) is 0 Å². The van der Waals surface area contributed by atoms with E-state index in [1.165, 1.54) is 0 Å². The van der Waals surface area contributed by atoms with Crippen LogP contribution in [0.15, 0.2) is 12.3 Å². The van der Waals surface area contributed by atoms with E-state index in [0.717, 1.165) is 24.1 Å². The quantitative estimate of drug-likeness (QED) is 0.786. The molecule has 1 heterocycles. The monoisotopic (exact) mass is 206 g/mol. The third-order valence-corrected chi connectivity index (χ3v) is 2.97. The molecule has 0 saturated carbocycles. The molecule has 0 aromatic carbocycles. The maximum atomic E-state index is 11.6. The van der Waals surface area contributed by atoms with Gasteiger partial charge in [0, 0.05) is 23.9 Å². The van der Waals surface area contributed by atoms with E-state index in [1.807, 2.05) is 4.57 Å². The zero-order chi connectivity index (χ0) is 11.0. The van der Waals surface area contributed by atoms with Gasteiger partial charge in [-0.25, -0.2) is 0 Å². The third kappa shape index (κ3) is 1.56. The molecule has 0 aliphatic heterocycles. The standard InChI is InChI=1S/C11H14N2O2/c1-7(11(12)15)13-6-5-8-9(13)3-2-4-10(8)14/h5-7H,2-4H2,1H3,(H2,12,15). The van der Waals surface area contributed by atoms with Gasteiger partial charge in [-0.3, -0.25) is 9.59 Å². The summed E-state index contributed by atoms with van der Waals surface area (Å²) in [7, 11) is 0. The second-order valence-electron chi connectivity index (χ2n) is 3.94. The van der Waals surface area contributed by atoms with E-state index in [1.54, 1.807) is 19.2 Å². The zero-order valence-electron chi connectivity index (χ0n) is 8.69. The molecule has 0 spiro atoms.